The maximum Gasteiger partial charge on any atom is 0.220 e. The van der Waals surface area contributed by atoms with Gasteiger partial charge in [0, 0.05) is 6.42 Å². The molecule has 2 unspecified atom stereocenters. The second-order valence-corrected chi connectivity index (χ2v) is 20.5. The Kier molecular flexibility index (Phi) is 44.9. The standard InChI is InChI=1S/C56H111NO8/c1-3-5-7-9-11-13-15-17-19-21-22-23-24-25-26-27-28-29-30-32-34-36-38-40-42-44-46-52(60)57-49(48-64-56-55(63)54(62)53(61)51(47-58)65-56)50(59)45-43-41-39-37-35-33-31-20-18-16-14-12-10-8-6-4-2/h49-51,53-56,58-59,61-63H,3-48H2,1-2H3,(H,57,60)/t49-,50+,51+,53+,54?,55?,56+/m0/s1. The van der Waals surface area contributed by atoms with Gasteiger partial charge in [-0.25, -0.2) is 0 Å². The van der Waals surface area contributed by atoms with Gasteiger partial charge in [-0.15, -0.1) is 0 Å². The third-order valence-corrected chi connectivity index (χ3v) is 14.2. The van der Waals surface area contributed by atoms with E-state index in [0.29, 0.717) is 12.8 Å². The molecule has 0 spiro atoms. The van der Waals surface area contributed by atoms with Crippen LogP contribution in [0.3, 0.4) is 0 Å². The van der Waals surface area contributed by atoms with Gasteiger partial charge in [0.2, 0.25) is 5.91 Å². The number of aliphatic hydroxyl groups excluding tert-OH is 5. The highest BCUT2D eigenvalue weighted by atomic mass is 16.7. The molecule has 1 saturated heterocycles. The van der Waals surface area contributed by atoms with Crippen LogP contribution in [-0.4, -0.2) is 87.5 Å². The number of hydrogen-bond acceptors (Lipinski definition) is 8. The normalized spacial score (nSPS) is 19.8. The van der Waals surface area contributed by atoms with Crippen LogP contribution in [0.4, 0.5) is 0 Å². The number of amides is 1. The van der Waals surface area contributed by atoms with Crippen LogP contribution in [0, 0.1) is 0 Å². The Hall–Kier alpha value is -0.810. The second-order valence-electron chi connectivity index (χ2n) is 20.5. The Morgan fingerprint density at radius 3 is 1.09 bits per heavy atom. The number of unbranched alkanes of at least 4 members (excludes halogenated alkanes) is 40. The Bertz CT molecular complexity index is 986. The van der Waals surface area contributed by atoms with Gasteiger partial charge in [0.05, 0.1) is 25.4 Å². The minimum atomic E-state index is -1.55. The van der Waals surface area contributed by atoms with Crippen molar-refractivity contribution in [2.45, 2.75) is 339 Å². The predicted octanol–water partition coefficient (Wildman–Crippen LogP) is 13.9. The van der Waals surface area contributed by atoms with Crippen LogP contribution in [0.1, 0.15) is 296 Å². The first-order chi connectivity index (χ1) is 31.8. The van der Waals surface area contributed by atoms with Crippen molar-refractivity contribution in [2.24, 2.45) is 0 Å². The lowest BCUT2D eigenvalue weighted by Crippen LogP contribution is -2.60. The van der Waals surface area contributed by atoms with Gasteiger partial charge in [0.25, 0.3) is 0 Å². The van der Waals surface area contributed by atoms with Gasteiger partial charge in [-0.05, 0) is 12.8 Å². The van der Waals surface area contributed by atoms with Crippen molar-refractivity contribution in [1.82, 2.24) is 5.32 Å². The number of rotatable bonds is 50. The fraction of sp³-hybridized carbons (Fsp3) is 0.982. The summed E-state index contributed by atoms with van der Waals surface area (Å²) < 4.78 is 11.3. The Morgan fingerprint density at radius 2 is 0.769 bits per heavy atom. The van der Waals surface area contributed by atoms with E-state index in [1.54, 1.807) is 0 Å². The summed E-state index contributed by atoms with van der Waals surface area (Å²) in [5, 5.41) is 54.6. The molecule has 0 saturated carbocycles. The van der Waals surface area contributed by atoms with Crippen LogP contribution in [0.2, 0.25) is 0 Å². The van der Waals surface area contributed by atoms with Crippen LogP contribution in [-0.2, 0) is 14.3 Å². The number of ether oxygens (including phenoxy) is 2. The topological polar surface area (TPSA) is 149 Å². The molecular formula is C56H111NO8. The number of hydrogen-bond donors (Lipinski definition) is 6. The molecule has 0 bridgehead atoms. The molecule has 1 aliphatic rings. The van der Waals surface area contributed by atoms with Gasteiger partial charge in [-0.3, -0.25) is 4.79 Å². The summed E-state index contributed by atoms with van der Waals surface area (Å²) in [6.07, 6.45) is 48.5. The van der Waals surface area contributed by atoms with Crippen LogP contribution in [0.15, 0.2) is 0 Å². The van der Waals surface area contributed by atoms with E-state index in [2.05, 4.69) is 19.2 Å². The van der Waals surface area contributed by atoms with Gasteiger partial charge in [0.15, 0.2) is 6.29 Å². The zero-order chi connectivity index (χ0) is 47.3. The van der Waals surface area contributed by atoms with Gasteiger partial charge in [0.1, 0.15) is 24.4 Å². The predicted molar refractivity (Wildman–Crippen MR) is 272 cm³/mol. The van der Waals surface area contributed by atoms with E-state index in [1.807, 2.05) is 0 Å². The Balaban J connectivity index is 2.16. The summed E-state index contributed by atoms with van der Waals surface area (Å²) in [5.41, 5.74) is 0. The fourth-order valence-corrected chi connectivity index (χ4v) is 9.64. The van der Waals surface area contributed by atoms with Gasteiger partial charge in [-0.2, -0.15) is 0 Å². The average Bonchev–Trinajstić information content (AvgIpc) is 3.31. The molecule has 1 rings (SSSR count). The van der Waals surface area contributed by atoms with Crippen molar-refractivity contribution in [3.63, 3.8) is 0 Å². The molecule has 7 atom stereocenters. The van der Waals surface area contributed by atoms with Gasteiger partial charge in [-0.1, -0.05) is 277 Å². The summed E-state index contributed by atoms with van der Waals surface area (Å²) in [4.78, 5) is 13.1. The molecule has 9 nitrogen and oxygen atoms in total. The van der Waals surface area contributed by atoms with Crippen molar-refractivity contribution in [2.75, 3.05) is 13.2 Å². The fourth-order valence-electron chi connectivity index (χ4n) is 9.64. The highest BCUT2D eigenvalue weighted by Gasteiger charge is 2.44. The Labute approximate surface area is 402 Å². The smallest absolute Gasteiger partial charge is 0.220 e. The number of aliphatic hydroxyl groups is 5. The molecule has 0 aromatic heterocycles. The van der Waals surface area contributed by atoms with E-state index in [1.165, 1.54) is 231 Å². The maximum absolute atomic E-state index is 13.1. The van der Waals surface area contributed by atoms with E-state index in [0.717, 1.165) is 38.5 Å². The molecule has 1 aliphatic heterocycles. The first kappa shape index (κ1) is 62.2. The first-order valence-electron chi connectivity index (χ1n) is 28.7. The van der Waals surface area contributed by atoms with Crippen LogP contribution >= 0.6 is 0 Å². The first-order valence-corrected chi connectivity index (χ1v) is 28.7. The van der Waals surface area contributed by atoms with E-state index in [4.69, 9.17) is 9.47 Å². The highest BCUT2D eigenvalue weighted by Crippen LogP contribution is 2.23. The Morgan fingerprint density at radius 1 is 0.462 bits per heavy atom. The van der Waals surface area contributed by atoms with Crippen LogP contribution in [0.25, 0.3) is 0 Å². The molecule has 388 valence electrons. The number of carbonyl (C=O) groups is 1. The lowest BCUT2D eigenvalue weighted by Gasteiger charge is -2.40. The van der Waals surface area contributed by atoms with Gasteiger partial charge >= 0.3 is 0 Å². The molecule has 9 heteroatoms. The molecule has 0 aromatic rings. The molecule has 1 amide bonds. The summed E-state index contributed by atoms with van der Waals surface area (Å²) in [7, 11) is 0. The quantitative estimate of drug-likeness (QED) is 0.0330. The summed E-state index contributed by atoms with van der Waals surface area (Å²) in [5.74, 6) is -0.136. The van der Waals surface area contributed by atoms with E-state index >= 15 is 0 Å². The number of carbonyl (C=O) groups excluding carboxylic acids is 1. The average molecular weight is 927 g/mol. The molecular weight excluding hydrogens is 815 g/mol. The number of nitrogens with one attached hydrogen (secondary N) is 1. The lowest BCUT2D eigenvalue weighted by molar-refractivity contribution is -0.302. The third-order valence-electron chi connectivity index (χ3n) is 14.2. The summed E-state index contributed by atoms with van der Waals surface area (Å²) in [6.45, 7) is 3.88. The van der Waals surface area contributed by atoms with E-state index in [-0.39, 0.29) is 12.5 Å². The van der Waals surface area contributed by atoms with Crippen molar-refractivity contribution in [3.8, 4) is 0 Å². The third kappa shape index (κ3) is 36.8. The van der Waals surface area contributed by atoms with Crippen molar-refractivity contribution >= 4 is 5.91 Å². The minimum absolute atomic E-state index is 0.131. The van der Waals surface area contributed by atoms with E-state index in [9.17, 15) is 30.3 Å². The molecule has 0 radical (unpaired) electrons. The zero-order valence-corrected chi connectivity index (χ0v) is 43.0. The molecule has 6 N–H and O–H groups in total. The van der Waals surface area contributed by atoms with E-state index < -0.39 is 49.5 Å². The summed E-state index contributed by atoms with van der Waals surface area (Å²) in [6, 6.07) is -0.713. The molecule has 65 heavy (non-hydrogen) atoms. The van der Waals surface area contributed by atoms with Crippen molar-refractivity contribution in [1.29, 1.82) is 0 Å². The van der Waals surface area contributed by atoms with Crippen LogP contribution in [0.5, 0.6) is 0 Å². The zero-order valence-electron chi connectivity index (χ0n) is 43.0. The lowest BCUT2D eigenvalue weighted by atomic mass is 9.99. The molecule has 1 heterocycles. The summed E-state index contributed by atoms with van der Waals surface area (Å²) >= 11 is 0. The van der Waals surface area contributed by atoms with Crippen molar-refractivity contribution in [3.05, 3.63) is 0 Å². The molecule has 0 aliphatic carbocycles. The van der Waals surface area contributed by atoms with Gasteiger partial charge < -0.3 is 40.3 Å². The molecule has 0 aromatic carbocycles. The monoisotopic (exact) mass is 926 g/mol. The minimum Gasteiger partial charge on any atom is -0.394 e. The van der Waals surface area contributed by atoms with Crippen LogP contribution < -0.4 is 5.32 Å². The molecule has 1 fully saturated rings. The highest BCUT2D eigenvalue weighted by molar-refractivity contribution is 5.76. The largest absolute Gasteiger partial charge is 0.394 e. The second kappa shape index (κ2) is 46.9. The van der Waals surface area contributed by atoms with Crippen molar-refractivity contribution < 1.29 is 39.8 Å². The maximum atomic E-state index is 13.1. The SMILES string of the molecule is CCCCCCCCCCCCCCCCCCCCCCCCCCCCC(=O)N[C@@H](CO[C@@H]1O[C@H](CO)[C@@H](O)C(O)C1O)[C@H](O)CCCCCCCCCCCCCCCCCC.